The highest BCUT2D eigenvalue weighted by molar-refractivity contribution is 5.59. The number of hydrogen-bond donors (Lipinski definition) is 2. The zero-order valence-corrected chi connectivity index (χ0v) is 8.75. The highest BCUT2D eigenvalue weighted by atomic mass is 16.3. The van der Waals surface area contributed by atoms with Gasteiger partial charge in [-0.2, -0.15) is 0 Å². The van der Waals surface area contributed by atoms with Gasteiger partial charge >= 0.3 is 0 Å². The van der Waals surface area contributed by atoms with Gasteiger partial charge in [-0.3, -0.25) is 0 Å². The van der Waals surface area contributed by atoms with Gasteiger partial charge in [0.2, 0.25) is 0 Å². The van der Waals surface area contributed by atoms with E-state index in [1.54, 1.807) is 12.1 Å². The Morgan fingerprint density at radius 1 is 1.29 bits per heavy atom. The molecule has 0 saturated carbocycles. The van der Waals surface area contributed by atoms with Crippen molar-refractivity contribution < 1.29 is 5.11 Å². The summed E-state index contributed by atoms with van der Waals surface area (Å²) in [4.78, 5) is 0. The Morgan fingerprint density at radius 3 is 2.36 bits per heavy atom. The lowest BCUT2D eigenvalue weighted by Gasteiger charge is -2.05. The summed E-state index contributed by atoms with van der Waals surface area (Å²) in [6, 6.07) is 3.55. The first kappa shape index (κ1) is 10.8. The molecule has 0 aliphatic carbocycles. The van der Waals surface area contributed by atoms with Crippen molar-refractivity contribution in [2.75, 3.05) is 6.54 Å². The summed E-state index contributed by atoms with van der Waals surface area (Å²) in [5.74, 6) is 0.330. The summed E-state index contributed by atoms with van der Waals surface area (Å²) < 4.78 is 0. The van der Waals surface area contributed by atoms with E-state index in [-0.39, 0.29) is 0 Å². The molecule has 0 amide bonds. The first-order chi connectivity index (χ1) is 6.65. The molecule has 0 aromatic heterocycles. The molecule has 0 aliphatic rings. The monoisotopic (exact) mass is 191 g/mol. The maximum Gasteiger partial charge on any atom is 0.116 e. The van der Waals surface area contributed by atoms with E-state index in [4.69, 9.17) is 5.73 Å². The largest absolute Gasteiger partial charge is 0.508 e. The van der Waals surface area contributed by atoms with Gasteiger partial charge in [-0.25, -0.2) is 0 Å². The molecule has 0 fully saturated rings. The Morgan fingerprint density at radius 2 is 1.86 bits per heavy atom. The van der Waals surface area contributed by atoms with Crippen molar-refractivity contribution in [1.82, 2.24) is 0 Å². The Balaban J connectivity index is 2.96. The minimum atomic E-state index is 0.330. The van der Waals surface area contributed by atoms with Crippen molar-refractivity contribution in [3.05, 3.63) is 34.9 Å². The summed E-state index contributed by atoms with van der Waals surface area (Å²) in [7, 11) is 0. The van der Waals surface area contributed by atoms with Gasteiger partial charge in [-0.05, 0) is 55.6 Å². The second-order valence-electron chi connectivity index (χ2n) is 3.47. The lowest BCUT2D eigenvalue weighted by molar-refractivity contribution is 0.474. The molecule has 0 saturated heterocycles. The molecule has 1 aromatic rings. The Labute approximate surface area is 85.1 Å². The zero-order chi connectivity index (χ0) is 10.6. The number of benzene rings is 1. The second-order valence-corrected chi connectivity index (χ2v) is 3.47. The highest BCUT2D eigenvalue weighted by Gasteiger charge is 2.00. The Bertz CT molecular complexity index is 319. The molecule has 0 spiro atoms. The van der Waals surface area contributed by atoms with Crippen molar-refractivity contribution in [3.8, 4) is 5.75 Å². The molecule has 2 heteroatoms. The van der Waals surface area contributed by atoms with Crippen LogP contribution < -0.4 is 5.73 Å². The number of nitrogens with two attached hydrogens (primary N) is 1. The van der Waals surface area contributed by atoms with E-state index in [9.17, 15) is 5.11 Å². The van der Waals surface area contributed by atoms with Gasteiger partial charge in [0, 0.05) is 0 Å². The summed E-state index contributed by atoms with van der Waals surface area (Å²) in [6.45, 7) is 4.66. The van der Waals surface area contributed by atoms with Crippen molar-refractivity contribution >= 4 is 6.08 Å². The first-order valence-corrected chi connectivity index (χ1v) is 4.82. The third-order valence-corrected chi connectivity index (χ3v) is 2.20. The maximum absolute atomic E-state index is 9.35. The first-order valence-electron chi connectivity index (χ1n) is 4.82. The lowest BCUT2D eigenvalue weighted by Crippen LogP contribution is -1.95. The van der Waals surface area contributed by atoms with Crippen LogP contribution in [0, 0.1) is 13.8 Å². The van der Waals surface area contributed by atoms with Crippen LogP contribution in [0.4, 0.5) is 0 Å². The average molecular weight is 191 g/mol. The van der Waals surface area contributed by atoms with Gasteiger partial charge < -0.3 is 10.8 Å². The van der Waals surface area contributed by atoms with Crippen molar-refractivity contribution in [3.63, 3.8) is 0 Å². The van der Waals surface area contributed by atoms with Crippen molar-refractivity contribution in [2.24, 2.45) is 5.73 Å². The van der Waals surface area contributed by atoms with Crippen LogP contribution in [-0.4, -0.2) is 11.7 Å². The summed E-state index contributed by atoms with van der Waals surface area (Å²) >= 11 is 0. The van der Waals surface area contributed by atoms with E-state index >= 15 is 0 Å². The van der Waals surface area contributed by atoms with E-state index in [0.717, 1.165) is 17.5 Å². The molecule has 2 nitrogen and oxygen atoms in total. The SMILES string of the molecule is Cc1cc(O)cc(C)c1C=CCCN. The van der Waals surface area contributed by atoms with Crippen molar-refractivity contribution in [1.29, 1.82) is 0 Å². The van der Waals surface area contributed by atoms with Gasteiger partial charge in [-0.15, -0.1) is 0 Å². The third-order valence-electron chi connectivity index (χ3n) is 2.20. The van der Waals surface area contributed by atoms with Crippen LogP contribution in [0.15, 0.2) is 18.2 Å². The van der Waals surface area contributed by atoms with Crippen LogP contribution in [0.25, 0.3) is 6.08 Å². The Kier molecular flexibility index (Phi) is 3.72. The number of aryl methyl sites for hydroxylation is 2. The van der Waals surface area contributed by atoms with Crippen LogP contribution in [0.1, 0.15) is 23.1 Å². The van der Waals surface area contributed by atoms with Gasteiger partial charge in [0.25, 0.3) is 0 Å². The fraction of sp³-hybridized carbons (Fsp3) is 0.333. The summed E-state index contributed by atoms with van der Waals surface area (Å²) in [6.07, 6.45) is 5.02. The standard InChI is InChI=1S/C12H17NO/c1-9-7-11(14)8-10(2)12(9)5-3-4-6-13/h3,5,7-8,14H,4,6,13H2,1-2H3. The molecule has 0 aliphatic heterocycles. The molecular weight excluding hydrogens is 174 g/mol. The number of aromatic hydroxyl groups is 1. The topological polar surface area (TPSA) is 46.2 Å². The molecule has 0 radical (unpaired) electrons. The number of rotatable bonds is 3. The molecular formula is C12H17NO. The van der Waals surface area contributed by atoms with E-state index in [1.165, 1.54) is 5.56 Å². The maximum atomic E-state index is 9.35. The smallest absolute Gasteiger partial charge is 0.116 e. The number of phenols is 1. The van der Waals surface area contributed by atoms with E-state index in [2.05, 4.69) is 12.2 Å². The lowest BCUT2D eigenvalue weighted by atomic mass is 10.0. The molecule has 0 bridgehead atoms. The van der Waals surface area contributed by atoms with Gasteiger partial charge in [0.1, 0.15) is 5.75 Å². The van der Waals surface area contributed by atoms with Gasteiger partial charge in [-0.1, -0.05) is 12.2 Å². The number of phenolic OH excluding ortho intramolecular Hbond substituents is 1. The van der Waals surface area contributed by atoms with E-state index in [0.29, 0.717) is 12.3 Å². The van der Waals surface area contributed by atoms with Crippen LogP contribution in [0.3, 0.4) is 0 Å². The normalized spacial score (nSPS) is 11.1. The third kappa shape index (κ3) is 2.60. The molecule has 1 rings (SSSR count). The fourth-order valence-electron chi connectivity index (χ4n) is 1.51. The molecule has 1 aromatic carbocycles. The summed E-state index contributed by atoms with van der Waals surface area (Å²) in [5, 5.41) is 9.35. The highest BCUT2D eigenvalue weighted by Crippen LogP contribution is 2.21. The van der Waals surface area contributed by atoms with Crippen LogP contribution >= 0.6 is 0 Å². The minimum Gasteiger partial charge on any atom is -0.508 e. The average Bonchev–Trinajstić information content (AvgIpc) is 2.09. The molecule has 76 valence electrons. The summed E-state index contributed by atoms with van der Waals surface area (Å²) in [5.41, 5.74) is 8.77. The second kappa shape index (κ2) is 4.82. The van der Waals surface area contributed by atoms with Crippen LogP contribution in [0.5, 0.6) is 5.75 Å². The molecule has 3 N–H and O–H groups in total. The van der Waals surface area contributed by atoms with E-state index < -0.39 is 0 Å². The molecule has 14 heavy (non-hydrogen) atoms. The van der Waals surface area contributed by atoms with Gasteiger partial charge in [0.05, 0.1) is 0 Å². The fourth-order valence-corrected chi connectivity index (χ4v) is 1.51. The molecule has 0 heterocycles. The number of hydrogen-bond acceptors (Lipinski definition) is 2. The minimum absolute atomic E-state index is 0.330. The zero-order valence-electron chi connectivity index (χ0n) is 8.75. The quantitative estimate of drug-likeness (QED) is 0.770. The predicted octanol–water partition coefficient (Wildman–Crippen LogP) is 2.37. The van der Waals surface area contributed by atoms with Gasteiger partial charge in [0.15, 0.2) is 0 Å². The molecule has 0 unspecified atom stereocenters. The van der Waals surface area contributed by atoms with E-state index in [1.807, 2.05) is 13.8 Å². The van der Waals surface area contributed by atoms with Crippen LogP contribution in [0.2, 0.25) is 0 Å². The predicted molar refractivity (Wildman–Crippen MR) is 60.3 cm³/mol. The van der Waals surface area contributed by atoms with Crippen LogP contribution in [-0.2, 0) is 0 Å². The molecule has 0 atom stereocenters. The van der Waals surface area contributed by atoms with Crippen molar-refractivity contribution in [2.45, 2.75) is 20.3 Å². The Hall–Kier alpha value is -1.28.